The lowest BCUT2D eigenvalue weighted by Crippen LogP contribution is -2.41. The van der Waals surface area contributed by atoms with Crippen molar-refractivity contribution in [3.05, 3.63) is 52.6 Å². The highest BCUT2D eigenvalue weighted by molar-refractivity contribution is 5.77. The number of fused-ring (bicyclic) bond motifs is 3. The summed E-state index contributed by atoms with van der Waals surface area (Å²) in [4.78, 5) is 0. The normalized spacial score (nSPS) is 23.4. The number of hydrogen-bond acceptors (Lipinski definition) is 2. The minimum absolute atomic E-state index is 0.0350. The lowest BCUT2D eigenvalue weighted by atomic mass is 9.78. The van der Waals surface area contributed by atoms with Crippen LogP contribution in [0.5, 0.6) is 5.75 Å². The Morgan fingerprint density at radius 3 is 2.09 bits per heavy atom. The van der Waals surface area contributed by atoms with Crippen LogP contribution in [0.3, 0.4) is 0 Å². The van der Waals surface area contributed by atoms with E-state index in [1.807, 2.05) is 6.92 Å². The van der Waals surface area contributed by atoms with Crippen LogP contribution in [0.25, 0.3) is 11.1 Å². The number of halogens is 6. The quantitative estimate of drug-likeness (QED) is 0.432. The van der Waals surface area contributed by atoms with Crippen molar-refractivity contribution in [2.45, 2.75) is 57.5 Å². The Morgan fingerprint density at radius 1 is 0.906 bits per heavy atom. The van der Waals surface area contributed by atoms with Crippen molar-refractivity contribution in [1.29, 1.82) is 0 Å². The topological polar surface area (TPSA) is 18.5 Å². The third-order valence-corrected chi connectivity index (χ3v) is 6.30. The van der Waals surface area contributed by atoms with Gasteiger partial charge in [-0.25, -0.2) is 8.78 Å². The molecule has 1 heterocycles. The second kappa shape index (κ2) is 8.28. The first-order valence-corrected chi connectivity index (χ1v) is 10.8. The van der Waals surface area contributed by atoms with Gasteiger partial charge in [0.05, 0.1) is 30.4 Å². The Hall–Kier alpha value is -2.22. The van der Waals surface area contributed by atoms with E-state index in [1.165, 1.54) is 13.0 Å². The van der Waals surface area contributed by atoms with Gasteiger partial charge in [0, 0.05) is 5.56 Å². The van der Waals surface area contributed by atoms with Crippen molar-refractivity contribution in [3.63, 3.8) is 0 Å². The number of hydrogen-bond donors (Lipinski definition) is 0. The molecule has 0 saturated carbocycles. The second-order valence-corrected chi connectivity index (χ2v) is 8.33. The number of benzene rings is 2. The average Bonchev–Trinajstić information content (AvgIpc) is 2.74. The Kier molecular flexibility index (Phi) is 5.94. The monoisotopic (exact) mass is 458 g/mol. The fourth-order valence-corrected chi connectivity index (χ4v) is 4.73. The molecular formula is C24H24F6O2. The molecular weight excluding hydrogens is 434 g/mol. The summed E-state index contributed by atoms with van der Waals surface area (Å²) in [5.74, 6) is -13.2. The SMILES string of the molecule is CCCC1CCC(c2ccc3c(c2F)C(F)(F)C(F)(F)c2c-3ccc(OCC)c2F)OC1. The maximum absolute atomic E-state index is 15.4. The highest BCUT2D eigenvalue weighted by Gasteiger charge is 2.65. The first-order valence-electron chi connectivity index (χ1n) is 10.8. The Labute approximate surface area is 182 Å². The van der Waals surface area contributed by atoms with Gasteiger partial charge in [-0.15, -0.1) is 0 Å². The molecule has 1 aliphatic carbocycles. The van der Waals surface area contributed by atoms with E-state index in [4.69, 9.17) is 9.47 Å². The molecule has 2 aliphatic rings. The van der Waals surface area contributed by atoms with E-state index in [9.17, 15) is 13.2 Å². The van der Waals surface area contributed by atoms with Crippen LogP contribution in [0.1, 0.15) is 62.3 Å². The molecule has 2 aromatic rings. The molecule has 0 bridgehead atoms. The molecule has 1 saturated heterocycles. The third-order valence-electron chi connectivity index (χ3n) is 6.30. The highest BCUT2D eigenvalue weighted by atomic mass is 19.3. The molecule has 0 radical (unpaired) electrons. The van der Waals surface area contributed by atoms with Gasteiger partial charge in [0.15, 0.2) is 11.6 Å². The Balaban J connectivity index is 1.83. The zero-order chi connectivity index (χ0) is 23.3. The second-order valence-electron chi connectivity index (χ2n) is 8.33. The van der Waals surface area contributed by atoms with Crippen LogP contribution in [-0.4, -0.2) is 13.2 Å². The smallest absolute Gasteiger partial charge is 0.343 e. The fourth-order valence-electron chi connectivity index (χ4n) is 4.73. The minimum Gasteiger partial charge on any atom is -0.491 e. The minimum atomic E-state index is -4.97. The van der Waals surface area contributed by atoms with E-state index in [0.717, 1.165) is 37.5 Å². The molecule has 0 aromatic heterocycles. The summed E-state index contributed by atoms with van der Waals surface area (Å²) in [5.41, 5.74) is -4.02. The predicted octanol–water partition coefficient (Wildman–Crippen LogP) is 7.50. The molecule has 2 nitrogen and oxygen atoms in total. The number of alkyl halides is 4. The molecule has 4 rings (SSSR count). The van der Waals surface area contributed by atoms with Gasteiger partial charge in [-0.1, -0.05) is 25.5 Å². The lowest BCUT2D eigenvalue weighted by Gasteiger charge is -2.36. The predicted molar refractivity (Wildman–Crippen MR) is 107 cm³/mol. The first-order chi connectivity index (χ1) is 15.1. The van der Waals surface area contributed by atoms with Crippen molar-refractivity contribution < 1.29 is 35.8 Å². The van der Waals surface area contributed by atoms with Gasteiger partial charge >= 0.3 is 11.8 Å². The average molecular weight is 458 g/mol. The van der Waals surface area contributed by atoms with Crippen molar-refractivity contribution >= 4 is 0 Å². The van der Waals surface area contributed by atoms with Gasteiger partial charge in [-0.05, 0) is 55.4 Å². The van der Waals surface area contributed by atoms with Crippen molar-refractivity contribution in [3.8, 4) is 16.9 Å². The van der Waals surface area contributed by atoms with Crippen LogP contribution in [0.15, 0.2) is 24.3 Å². The summed E-state index contributed by atoms with van der Waals surface area (Å²) in [6.07, 6.45) is 2.25. The molecule has 0 spiro atoms. The Morgan fingerprint density at radius 2 is 1.53 bits per heavy atom. The first kappa shape index (κ1) is 23.0. The molecule has 32 heavy (non-hydrogen) atoms. The summed E-state index contributed by atoms with van der Waals surface area (Å²) < 4.78 is 101. The largest absolute Gasteiger partial charge is 0.491 e. The van der Waals surface area contributed by atoms with Crippen LogP contribution in [0.2, 0.25) is 0 Å². The van der Waals surface area contributed by atoms with Gasteiger partial charge in [-0.3, -0.25) is 0 Å². The molecule has 1 fully saturated rings. The summed E-state index contributed by atoms with van der Waals surface area (Å²) in [5, 5.41) is 0. The zero-order valence-electron chi connectivity index (χ0n) is 17.8. The van der Waals surface area contributed by atoms with Gasteiger partial charge in [0.1, 0.15) is 5.82 Å². The summed E-state index contributed by atoms with van der Waals surface area (Å²) in [6, 6.07) is 4.58. The van der Waals surface area contributed by atoms with Crippen molar-refractivity contribution in [2.75, 3.05) is 13.2 Å². The summed E-state index contributed by atoms with van der Waals surface area (Å²) in [6.45, 7) is 3.87. The molecule has 0 amide bonds. The maximum Gasteiger partial charge on any atom is 0.343 e. The number of ether oxygens (including phenoxy) is 2. The van der Waals surface area contributed by atoms with Crippen LogP contribution < -0.4 is 4.74 Å². The molecule has 174 valence electrons. The van der Waals surface area contributed by atoms with Gasteiger partial charge in [0.25, 0.3) is 0 Å². The molecule has 8 heteroatoms. The summed E-state index contributed by atoms with van der Waals surface area (Å²) in [7, 11) is 0. The molecule has 1 aliphatic heterocycles. The third kappa shape index (κ3) is 3.38. The van der Waals surface area contributed by atoms with Gasteiger partial charge < -0.3 is 9.47 Å². The van der Waals surface area contributed by atoms with E-state index < -0.39 is 57.6 Å². The zero-order valence-corrected chi connectivity index (χ0v) is 17.8. The lowest BCUT2D eigenvalue weighted by molar-refractivity contribution is -0.228. The van der Waals surface area contributed by atoms with Crippen LogP contribution >= 0.6 is 0 Å². The van der Waals surface area contributed by atoms with E-state index >= 15 is 13.2 Å². The fraction of sp³-hybridized carbons (Fsp3) is 0.500. The Bertz CT molecular complexity index is 1010. The van der Waals surface area contributed by atoms with Crippen LogP contribution in [0.4, 0.5) is 26.3 Å². The van der Waals surface area contributed by atoms with Crippen LogP contribution in [-0.2, 0) is 16.6 Å². The van der Waals surface area contributed by atoms with E-state index in [0.29, 0.717) is 18.9 Å². The van der Waals surface area contributed by atoms with E-state index in [1.54, 1.807) is 0 Å². The standard InChI is InChI=1S/C24H24F6O2/c1-3-5-13-6-10-17(32-12-13)16-8-7-14-15-9-11-18(31-4-2)22(26)20(15)24(29,30)23(27,28)19(14)21(16)25/h7-9,11,13,17H,3-6,10,12H2,1-2H3. The molecule has 2 unspecified atom stereocenters. The maximum atomic E-state index is 15.4. The van der Waals surface area contributed by atoms with Gasteiger partial charge in [0.2, 0.25) is 0 Å². The van der Waals surface area contributed by atoms with Crippen LogP contribution in [0, 0.1) is 17.6 Å². The highest BCUT2D eigenvalue weighted by Crippen LogP contribution is 2.60. The molecule has 2 atom stereocenters. The van der Waals surface area contributed by atoms with E-state index in [2.05, 4.69) is 0 Å². The molecule has 2 aromatic carbocycles. The van der Waals surface area contributed by atoms with Crippen molar-refractivity contribution in [1.82, 2.24) is 0 Å². The summed E-state index contributed by atoms with van der Waals surface area (Å²) >= 11 is 0. The molecule has 0 N–H and O–H groups in total. The number of rotatable bonds is 5. The van der Waals surface area contributed by atoms with Crippen molar-refractivity contribution in [2.24, 2.45) is 5.92 Å². The van der Waals surface area contributed by atoms with E-state index in [-0.39, 0.29) is 12.2 Å². The van der Waals surface area contributed by atoms with Gasteiger partial charge in [-0.2, -0.15) is 17.6 Å².